The Hall–Kier alpha value is -2.02. The number of nitrogens with one attached hydrogen (secondary N) is 1. The Morgan fingerprint density at radius 1 is 1.15 bits per heavy atom. The molecule has 5 nitrogen and oxygen atoms in total. The third kappa shape index (κ3) is 4.83. The molecule has 1 N–H and O–H groups in total. The molecule has 0 saturated carbocycles. The first-order valence-electron chi connectivity index (χ1n) is 8.37. The Bertz CT molecular complexity index is 957. The molecule has 140 valence electrons. The molecule has 0 bridgehead atoms. The van der Waals surface area contributed by atoms with Crippen LogP contribution in [-0.4, -0.2) is 26.4 Å². The zero-order valence-electron chi connectivity index (χ0n) is 14.9. The fourth-order valence-electron chi connectivity index (χ4n) is 2.52. The van der Waals surface area contributed by atoms with E-state index in [0.717, 1.165) is 17.9 Å². The first-order chi connectivity index (χ1) is 13.0. The van der Waals surface area contributed by atoms with Crippen molar-refractivity contribution in [2.24, 2.45) is 0 Å². The lowest BCUT2D eigenvalue weighted by atomic mass is 10.1. The van der Waals surface area contributed by atoms with Gasteiger partial charge in [0.05, 0.1) is 16.5 Å². The van der Waals surface area contributed by atoms with Crippen LogP contribution in [0.1, 0.15) is 18.3 Å². The van der Waals surface area contributed by atoms with Crippen LogP contribution in [-0.2, 0) is 11.2 Å². The second kappa shape index (κ2) is 8.78. The molecule has 2 aromatic carbocycles. The van der Waals surface area contributed by atoms with Crippen molar-refractivity contribution in [1.29, 1.82) is 0 Å². The maximum absolute atomic E-state index is 12.3. The van der Waals surface area contributed by atoms with E-state index in [1.165, 1.54) is 17.3 Å². The standard InChI is InChI=1S/C19H18Cl2N4OS/c1-3-13-4-7-15(8-5-13)25-12(2)23-24-19(25)27-11-18(26)22-17-9-6-14(20)10-16(17)21/h4-10H,3,11H2,1-2H3,(H,22,26). The minimum atomic E-state index is -0.183. The van der Waals surface area contributed by atoms with Crippen molar-refractivity contribution in [1.82, 2.24) is 14.8 Å². The molecular weight excluding hydrogens is 403 g/mol. The summed E-state index contributed by atoms with van der Waals surface area (Å²) in [5.41, 5.74) is 2.76. The zero-order chi connectivity index (χ0) is 19.4. The monoisotopic (exact) mass is 420 g/mol. The summed E-state index contributed by atoms with van der Waals surface area (Å²) in [7, 11) is 0. The average molecular weight is 421 g/mol. The zero-order valence-corrected chi connectivity index (χ0v) is 17.2. The quantitative estimate of drug-likeness (QED) is 0.558. The van der Waals surface area contributed by atoms with Crippen LogP contribution in [0.4, 0.5) is 5.69 Å². The Balaban J connectivity index is 1.70. The molecule has 1 heterocycles. The van der Waals surface area contributed by atoms with Gasteiger partial charge < -0.3 is 5.32 Å². The van der Waals surface area contributed by atoms with Crippen molar-refractivity contribution < 1.29 is 4.79 Å². The van der Waals surface area contributed by atoms with Gasteiger partial charge in [0.1, 0.15) is 5.82 Å². The van der Waals surface area contributed by atoms with Gasteiger partial charge in [-0.15, -0.1) is 10.2 Å². The number of hydrogen-bond acceptors (Lipinski definition) is 4. The summed E-state index contributed by atoms with van der Waals surface area (Å²) in [6, 6.07) is 13.2. The Labute approximate surface area is 172 Å². The number of aromatic nitrogens is 3. The van der Waals surface area contributed by atoms with Gasteiger partial charge in [-0.3, -0.25) is 9.36 Å². The van der Waals surface area contributed by atoms with Crippen LogP contribution in [0.25, 0.3) is 5.69 Å². The van der Waals surface area contributed by atoms with Crippen LogP contribution in [0.15, 0.2) is 47.6 Å². The maximum atomic E-state index is 12.3. The van der Waals surface area contributed by atoms with Crippen LogP contribution in [0, 0.1) is 6.92 Å². The van der Waals surface area contributed by atoms with E-state index < -0.39 is 0 Å². The number of rotatable bonds is 6. The number of nitrogens with zero attached hydrogens (tertiary/aromatic N) is 3. The summed E-state index contributed by atoms with van der Waals surface area (Å²) < 4.78 is 1.94. The van der Waals surface area contributed by atoms with E-state index in [1.807, 2.05) is 23.6 Å². The molecule has 3 rings (SSSR count). The summed E-state index contributed by atoms with van der Waals surface area (Å²) in [6.45, 7) is 4.00. The van der Waals surface area contributed by atoms with Crippen LogP contribution in [0.5, 0.6) is 0 Å². The highest BCUT2D eigenvalue weighted by atomic mass is 35.5. The minimum Gasteiger partial charge on any atom is -0.324 e. The van der Waals surface area contributed by atoms with Crippen LogP contribution in [0.2, 0.25) is 10.0 Å². The third-order valence-electron chi connectivity index (χ3n) is 3.94. The lowest BCUT2D eigenvalue weighted by Gasteiger charge is -2.10. The maximum Gasteiger partial charge on any atom is 0.234 e. The highest BCUT2D eigenvalue weighted by Gasteiger charge is 2.14. The van der Waals surface area contributed by atoms with Crippen molar-refractivity contribution in [3.8, 4) is 5.69 Å². The Morgan fingerprint density at radius 3 is 2.56 bits per heavy atom. The summed E-state index contributed by atoms with van der Waals surface area (Å²) in [4.78, 5) is 12.3. The molecule has 1 aromatic heterocycles. The number of hydrogen-bond donors (Lipinski definition) is 1. The number of benzene rings is 2. The molecule has 0 unspecified atom stereocenters. The third-order valence-corrected chi connectivity index (χ3v) is 5.41. The molecule has 1 amide bonds. The topological polar surface area (TPSA) is 59.8 Å². The van der Waals surface area contributed by atoms with Crippen molar-refractivity contribution in [3.05, 3.63) is 63.9 Å². The molecule has 3 aromatic rings. The lowest BCUT2D eigenvalue weighted by Crippen LogP contribution is -2.15. The molecule has 0 aliphatic rings. The van der Waals surface area contributed by atoms with E-state index in [0.29, 0.717) is 20.9 Å². The smallest absolute Gasteiger partial charge is 0.234 e. The summed E-state index contributed by atoms with van der Waals surface area (Å²) in [6.07, 6.45) is 0.983. The Kier molecular flexibility index (Phi) is 6.42. The molecule has 8 heteroatoms. The number of thioether (sulfide) groups is 1. The molecule has 27 heavy (non-hydrogen) atoms. The summed E-state index contributed by atoms with van der Waals surface area (Å²) >= 11 is 13.3. The molecule has 0 fully saturated rings. The van der Waals surface area contributed by atoms with Crippen molar-refractivity contribution in [2.75, 3.05) is 11.1 Å². The Morgan fingerprint density at radius 2 is 1.89 bits per heavy atom. The predicted molar refractivity (Wildman–Crippen MR) is 111 cm³/mol. The fourth-order valence-corrected chi connectivity index (χ4v) is 3.77. The first kappa shape index (κ1) is 19.7. The summed E-state index contributed by atoms with van der Waals surface area (Å²) in [5, 5.41) is 12.7. The van der Waals surface area contributed by atoms with Gasteiger partial charge >= 0.3 is 0 Å². The van der Waals surface area contributed by atoms with Gasteiger partial charge in [-0.2, -0.15) is 0 Å². The fraction of sp³-hybridized carbons (Fsp3) is 0.211. The highest BCUT2D eigenvalue weighted by Crippen LogP contribution is 2.26. The van der Waals surface area contributed by atoms with Crippen LogP contribution < -0.4 is 5.32 Å². The van der Waals surface area contributed by atoms with Gasteiger partial charge in [-0.25, -0.2) is 0 Å². The van der Waals surface area contributed by atoms with Crippen LogP contribution >= 0.6 is 35.0 Å². The number of aryl methyl sites for hydroxylation is 2. The van der Waals surface area contributed by atoms with E-state index in [-0.39, 0.29) is 11.7 Å². The van der Waals surface area contributed by atoms with E-state index in [2.05, 4.69) is 34.6 Å². The molecule has 0 radical (unpaired) electrons. The van der Waals surface area contributed by atoms with Gasteiger partial charge in [0, 0.05) is 10.7 Å². The number of carbonyl (C=O) groups excluding carboxylic acids is 1. The molecule has 0 aliphatic heterocycles. The van der Waals surface area contributed by atoms with Gasteiger partial charge in [0.2, 0.25) is 5.91 Å². The second-order valence-corrected chi connectivity index (χ2v) is 7.63. The number of halogens is 2. The first-order valence-corrected chi connectivity index (χ1v) is 10.1. The molecule has 0 aliphatic carbocycles. The number of anilines is 1. The molecule has 0 atom stereocenters. The van der Waals surface area contributed by atoms with E-state index in [4.69, 9.17) is 23.2 Å². The van der Waals surface area contributed by atoms with Crippen molar-refractivity contribution >= 4 is 46.6 Å². The molecular formula is C19H18Cl2N4OS. The minimum absolute atomic E-state index is 0.183. The summed E-state index contributed by atoms with van der Waals surface area (Å²) in [5.74, 6) is 0.769. The number of carbonyl (C=O) groups is 1. The van der Waals surface area contributed by atoms with E-state index in [1.54, 1.807) is 18.2 Å². The predicted octanol–water partition coefficient (Wildman–Crippen LogP) is 5.18. The number of amides is 1. The van der Waals surface area contributed by atoms with E-state index in [9.17, 15) is 4.79 Å². The van der Waals surface area contributed by atoms with Gasteiger partial charge in [0.25, 0.3) is 0 Å². The largest absolute Gasteiger partial charge is 0.324 e. The normalized spacial score (nSPS) is 10.8. The van der Waals surface area contributed by atoms with Crippen LogP contribution in [0.3, 0.4) is 0 Å². The van der Waals surface area contributed by atoms with Crippen molar-refractivity contribution in [3.63, 3.8) is 0 Å². The van der Waals surface area contributed by atoms with Crippen molar-refractivity contribution in [2.45, 2.75) is 25.4 Å². The molecule has 0 saturated heterocycles. The molecule has 0 spiro atoms. The average Bonchev–Trinajstić information content (AvgIpc) is 3.03. The second-order valence-electron chi connectivity index (χ2n) is 5.85. The van der Waals surface area contributed by atoms with Gasteiger partial charge in [0.15, 0.2) is 5.16 Å². The highest BCUT2D eigenvalue weighted by molar-refractivity contribution is 7.99. The van der Waals surface area contributed by atoms with Gasteiger partial charge in [-0.05, 0) is 49.2 Å². The lowest BCUT2D eigenvalue weighted by molar-refractivity contribution is -0.113. The van der Waals surface area contributed by atoms with E-state index >= 15 is 0 Å². The SMILES string of the molecule is CCc1ccc(-n2c(C)nnc2SCC(=O)Nc2ccc(Cl)cc2Cl)cc1. The van der Waals surface area contributed by atoms with Gasteiger partial charge in [-0.1, -0.05) is 54.0 Å².